The number of carbonyl (C=O) groups excluding carboxylic acids is 1. The Kier molecular flexibility index (Phi) is 4.79. The topological polar surface area (TPSA) is 30.0 Å². The zero-order chi connectivity index (χ0) is 15.7. The second-order valence-corrected chi connectivity index (χ2v) is 6.77. The lowest BCUT2D eigenvalue weighted by Gasteiger charge is -2.07. The number of aryl methyl sites for hydroxylation is 1. The zero-order valence-electron chi connectivity index (χ0n) is 11.8. The molecule has 109 valence electrons. The number of hydrogen-bond acceptors (Lipinski definition) is 2. The molecule has 4 heteroatoms. The highest BCUT2D eigenvalue weighted by atomic mass is 79.9. The molecule has 0 atom stereocenters. The highest BCUT2D eigenvalue weighted by Gasteiger charge is 2.15. The lowest BCUT2D eigenvalue weighted by Crippen LogP contribution is -2.02. The van der Waals surface area contributed by atoms with Gasteiger partial charge in [-0.2, -0.15) is 0 Å². The van der Waals surface area contributed by atoms with Crippen LogP contribution in [0.25, 0.3) is 10.9 Å². The largest absolute Gasteiger partial charge is 0.289 e. The van der Waals surface area contributed by atoms with Crippen molar-refractivity contribution in [1.82, 2.24) is 4.98 Å². The monoisotopic (exact) mass is 416 g/mol. The van der Waals surface area contributed by atoms with Crippen LogP contribution in [-0.4, -0.2) is 10.8 Å². The predicted molar refractivity (Wildman–Crippen MR) is 95.8 cm³/mol. The van der Waals surface area contributed by atoms with Gasteiger partial charge in [-0.15, -0.1) is 0 Å². The Labute approximate surface area is 147 Å². The Morgan fingerprint density at radius 3 is 2.59 bits per heavy atom. The molecule has 22 heavy (non-hydrogen) atoms. The van der Waals surface area contributed by atoms with Crippen LogP contribution in [0.15, 0.2) is 39.3 Å². The predicted octanol–water partition coefficient (Wildman–Crippen LogP) is 5.21. The number of pyridine rings is 1. The van der Waals surface area contributed by atoms with Crippen LogP contribution in [0.1, 0.15) is 16.1 Å². The highest BCUT2D eigenvalue weighted by molar-refractivity contribution is 9.11. The van der Waals surface area contributed by atoms with Crippen molar-refractivity contribution in [1.29, 1.82) is 0 Å². The molecule has 1 aromatic heterocycles. The van der Waals surface area contributed by atoms with Crippen LogP contribution in [-0.2, 0) is 0 Å². The summed E-state index contributed by atoms with van der Waals surface area (Å²) in [4.78, 5) is 17.0. The summed E-state index contributed by atoms with van der Waals surface area (Å²) >= 11 is 6.97. The van der Waals surface area contributed by atoms with Gasteiger partial charge in [-0.1, -0.05) is 22.0 Å². The Morgan fingerprint density at radius 2 is 1.86 bits per heavy atom. The molecule has 1 aliphatic rings. The van der Waals surface area contributed by atoms with E-state index < -0.39 is 0 Å². The van der Waals surface area contributed by atoms with Gasteiger partial charge in [0.25, 0.3) is 0 Å². The third-order valence-corrected chi connectivity index (χ3v) is 4.47. The van der Waals surface area contributed by atoms with Crippen LogP contribution >= 0.6 is 31.9 Å². The Morgan fingerprint density at radius 1 is 1.14 bits per heavy atom. The normalized spacial score (nSPS) is 16.0. The van der Waals surface area contributed by atoms with Crippen LogP contribution in [0.3, 0.4) is 0 Å². The van der Waals surface area contributed by atoms with E-state index in [2.05, 4.69) is 36.8 Å². The first-order valence-electron chi connectivity index (χ1n) is 6.75. The Hall–Kier alpha value is -1.00. The maximum atomic E-state index is 12.4. The van der Waals surface area contributed by atoms with Crippen molar-refractivity contribution in [3.8, 4) is 0 Å². The summed E-state index contributed by atoms with van der Waals surface area (Å²) in [5.41, 5.74) is 2.21. The van der Waals surface area contributed by atoms with Crippen molar-refractivity contribution in [3.63, 3.8) is 0 Å². The van der Waals surface area contributed by atoms with E-state index in [1.165, 1.54) is 0 Å². The van der Waals surface area contributed by atoms with Gasteiger partial charge in [-0.3, -0.25) is 9.78 Å². The fourth-order valence-electron chi connectivity index (χ4n) is 2.31. The molecule has 3 rings (SSSR count). The third-order valence-electron chi connectivity index (χ3n) is 3.41. The number of halogens is 2. The highest BCUT2D eigenvalue weighted by Crippen LogP contribution is 2.29. The van der Waals surface area contributed by atoms with Crippen LogP contribution in [0, 0.1) is 38.5 Å². The SMILES string of the molecule is Cc1nc2c(Br)cc(Br)cc2cc1C(=O)/C=C/[C]1[CH][CH][CH][CH]1. The second kappa shape index (κ2) is 6.63. The van der Waals surface area contributed by atoms with Gasteiger partial charge in [0.05, 0.1) is 5.52 Å². The lowest BCUT2D eigenvalue weighted by molar-refractivity contribution is 0.104. The van der Waals surface area contributed by atoms with E-state index in [1.807, 2.05) is 56.9 Å². The minimum absolute atomic E-state index is 0.0378. The van der Waals surface area contributed by atoms with Crippen molar-refractivity contribution in [2.45, 2.75) is 6.92 Å². The van der Waals surface area contributed by atoms with E-state index in [-0.39, 0.29) is 5.78 Å². The van der Waals surface area contributed by atoms with Crippen molar-refractivity contribution >= 4 is 48.5 Å². The number of nitrogens with zero attached hydrogens (tertiary/aromatic N) is 1. The van der Waals surface area contributed by atoms with Crippen LogP contribution in [0.4, 0.5) is 0 Å². The van der Waals surface area contributed by atoms with Gasteiger partial charge in [0.15, 0.2) is 5.78 Å². The maximum Gasteiger partial charge on any atom is 0.187 e. The fraction of sp³-hybridized carbons (Fsp3) is 0.0556. The van der Waals surface area contributed by atoms with E-state index >= 15 is 0 Å². The number of rotatable bonds is 3. The number of fused-ring (bicyclic) bond motifs is 1. The fourth-order valence-corrected chi connectivity index (χ4v) is 3.66. The number of ketones is 1. The first-order chi connectivity index (χ1) is 10.5. The number of benzene rings is 1. The average Bonchev–Trinajstić information content (AvgIpc) is 2.98. The average molecular weight is 418 g/mol. The summed E-state index contributed by atoms with van der Waals surface area (Å²) in [7, 11) is 0. The number of hydrogen-bond donors (Lipinski definition) is 0. The van der Waals surface area contributed by atoms with E-state index in [9.17, 15) is 4.79 Å². The molecule has 2 aromatic rings. The first-order valence-corrected chi connectivity index (χ1v) is 8.34. The molecule has 1 saturated carbocycles. The molecule has 1 fully saturated rings. The third kappa shape index (κ3) is 3.33. The van der Waals surface area contributed by atoms with Gasteiger partial charge < -0.3 is 0 Å². The van der Waals surface area contributed by atoms with Crippen LogP contribution < -0.4 is 0 Å². The van der Waals surface area contributed by atoms with Gasteiger partial charge in [0.2, 0.25) is 0 Å². The second-order valence-electron chi connectivity index (χ2n) is 5.00. The molecule has 0 saturated heterocycles. The molecule has 0 bridgehead atoms. The molecule has 1 aromatic carbocycles. The van der Waals surface area contributed by atoms with Gasteiger partial charge in [-0.25, -0.2) is 0 Å². The van der Waals surface area contributed by atoms with Crippen molar-refractivity contribution < 1.29 is 4.79 Å². The Balaban J connectivity index is 1.95. The minimum Gasteiger partial charge on any atom is -0.289 e. The van der Waals surface area contributed by atoms with Gasteiger partial charge >= 0.3 is 0 Å². The number of carbonyl (C=O) groups is 1. The molecular weight excluding hydrogens is 406 g/mol. The van der Waals surface area contributed by atoms with Crippen LogP contribution in [0.2, 0.25) is 0 Å². The summed E-state index contributed by atoms with van der Waals surface area (Å²) in [6.07, 6.45) is 11.2. The van der Waals surface area contributed by atoms with Crippen molar-refractivity contribution in [2.75, 3.05) is 0 Å². The first kappa shape index (κ1) is 15.9. The summed E-state index contributed by atoms with van der Waals surface area (Å²) in [6, 6.07) is 5.81. The van der Waals surface area contributed by atoms with Gasteiger partial charge in [-0.05, 0) is 72.8 Å². The molecule has 2 nitrogen and oxygen atoms in total. The van der Waals surface area contributed by atoms with Gasteiger partial charge in [0.1, 0.15) is 0 Å². The molecule has 0 amide bonds. The Bertz CT molecular complexity index is 761. The van der Waals surface area contributed by atoms with E-state index in [0.717, 1.165) is 31.5 Å². The van der Waals surface area contributed by atoms with Crippen molar-refractivity contribution in [2.24, 2.45) is 0 Å². The standard InChI is InChI=1S/C18H12Br2NO/c1-11-15(17(22)7-6-12-4-2-3-5-12)9-13-8-14(19)10-16(20)18(13)21-11/h2-10H,1H3/b7-6+. The zero-order valence-corrected chi connectivity index (χ0v) is 15.0. The molecule has 0 N–H and O–H groups in total. The molecule has 1 heterocycles. The summed E-state index contributed by atoms with van der Waals surface area (Å²) < 4.78 is 1.86. The van der Waals surface area contributed by atoms with Crippen molar-refractivity contribution in [3.05, 3.63) is 82.2 Å². The molecule has 5 radical (unpaired) electrons. The number of aromatic nitrogens is 1. The number of allylic oxidation sites excluding steroid dienone is 2. The quantitative estimate of drug-likeness (QED) is 0.506. The van der Waals surface area contributed by atoms with Crippen LogP contribution in [0.5, 0.6) is 0 Å². The van der Waals surface area contributed by atoms with E-state index in [4.69, 9.17) is 0 Å². The summed E-state index contributed by atoms with van der Waals surface area (Å²) in [6.45, 7) is 1.86. The minimum atomic E-state index is -0.0378. The molecule has 0 unspecified atom stereocenters. The summed E-state index contributed by atoms with van der Waals surface area (Å²) in [5, 5.41) is 0.928. The van der Waals surface area contributed by atoms with Gasteiger partial charge in [0, 0.05) is 31.5 Å². The lowest BCUT2D eigenvalue weighted by atomic mass is 10.0. The van der Waals surface area contributed by atoms with E-state index in [0.29, 0.717) is 5.56 Å². The maximum absolute atomic E-state index is 12.4. The smallest absolute Gasteiger partial charge is 0.187 e. The molecule has 0 aliphatic heterocycles. The van der Waals surface area contributed by atoms with E-state index in [1.54, 1.807) is 6.08 Å². The molecule has 0 spiro atoms. The molecule has 1 aliphatic carbocycles. The molecular formula is C18H12Br2NO. The summed E-state index contributed by atoms with van der Waals surface area (Å²) in [5.74, 6) is 0.981.